The molecule has 4 unspecified atom stereocenters. The molecule has 0 bridgehead atoms. The van der Waals surface area contributed by atoms with E-state index in [-0.39, 0.29) is 7.45 Å². The predicted octanol–water partition coefficient (Wildman–Crippen LogP) is 1.78. The Bertz CT molecular complexity index is 26.7. The molecule has 0 spiro atoms. The van der Waals surface area contributed by atoms with Crippen molar-refractivity contribution < 1.29 is 0 Å². The van der Waals surface area contributed by atoms with E-state index in [0.717, 1.165) is 7.96 Å². The third-order valence-corrected chi connectivity index (χ3v) is 9.95. The molecule has 6 heavy (non-hydrogen) atoms. The molecule has 38 valence electrons. The first-order valence-electron chi connectivity index (χ1n) is 1.49. The van der Waals surface area contributed by atoms with Gasteiger partial charge in [0.2, 0.25) is 0 Å². The van der Waals surface area contributed by atoms with Crippen LogP contribution in [0.1, 0.15) is 0 Å². The summed E-state index contributed by atoms with van der Waals surface area (Å²) in [6.07, 6.45) is 0. The van der Waals surface area contributed by atoms with Crippen LogP contribution in [-0.4, -0.2) is 7.05 Å². The van der Waals surface area contributed by atoms with Crippen molar-refractivity contribution in [2.45, 2.75) is 0 Å². The maximum absolute atomic E-state index is 3.13. The lowest BCUT2D eigenvalue weighted by Crippen LogP contribution is -1.84. The van der Waals surface area contributed by atoms with Crippen LogP contribution >= 0.6 is 33.3 Å². The molecular formula is CH9NP4. The van der Waals surface area contributed by atoms with Crippen LogP contribution in [0.25, 0.3) is 0 Å². The second-order valence-corrected chi connectivity index (χ2v) is 9.81. The molecule has 0 rings (SSSR count). The number of nitrogens with one attached hydrogen (secondary N) is 1. The minimum absolute atomic E-state index is 0.0813. The first kappa shape index (κ1) is 7.68. The van der Waals surface area contributed by atoms with Crippen molar-refractivity contribution in [3.63, 3.8) is 0 Å². The Morgan fingerprint density at radius 3 is 2.33 bits per heavy atom. The van der Waals surface area contributed by atoms with Gasteiger partial charge in [0.15, 0.2) is 0 Å². The van der Waals surface area contributed by atoms with Gasteiger partial charge in [0.05, 0.1) is 0 Å². The van der Waals surface area contributed by atoms with Crippen LogP contribution in [0.5, 0.6) is 0 Å². The van der Waals surface area contributed by atoms with Crippen molar-refractivity contribution in [2.75, 3.05) is 7.05 Å². The number of rotatable bonds is 2. The summed E-state index contributed by atoms with van der Waals surface area (Å²) in [7, 11) is 8.50. The SMILES string of the molecule is CNP(P)PP. The van der Waals surface area contributed by atoms with Crippen molar-refractivity contribution >= 4 is 33.3 Å². The van der Waals surface area contributed by atoms with Crippen molar-refractivity contribution in [3.05, 3.63) is 0 Å². The highest BCUT2D eigenvalue weighted by atomic mass is 32.6. The second kappa shape index (κ2) is 4.83. The van der Waals surface area contributed by atoms with Gasteiger partial charge in [-0.1, -0.05) is 16.9 Å². The highest BCUT2D eigenvalue weighted by molar-refractivity contribution is 8.60. The lowest BCUT2D eigenvalue weighted by atomic mass is 11.6. The molecule has 0 aromatic carbocycles. The molecule has 0 radical (unpaired) electrons. The fourth-order valence-corrected chi connectivity index (χ4v) is 1.74. The molecule has 1 N–H and O–H groups in total. The highest BCUT2D eigenvalue weighted by Gasteiger charge is 1.86. The van der Waals surface area contributed by atoms with Gasteiger partial charge in [-0.3, -0.25) is 5.09 Å². The molecule has 1 nitrogen and oxygen atoms in total. The van der Waals surface area contributed by atoms with E-state index in [9.17, 15) is 0 Å². The standard InChI is InChI=1S/CH9NP4/c1-2-6(4)5-3/h2,5H,3-4H2,1H3. The summed E-state index contributed by atoms with van der Waals surface area (Å²) in [5.41, 5.74) is 0. The van der Waals surface area contributed by atoms with Crippen molar-refractivity contribution in [2.24, 2.45) is 0 Å². The van der Waals surface area contributed by atoms with Crippen LogP contribution in [0.15, 0.2) is 0 Å². The summed E-state index contributed by atoms with van der Waals surface area (Å²) in [5, 5.41) is 3.13. The number of hydrogen-bond acceptors (Lipinski definition) is 1. The molecule has 5 heteroatoms. The largest absolute Gasteiger partial charge is 0.292 e. The maximum Gasteiger partial charge on any atom is 0.00596 e. The molecule has 4 atom stereocenters. The van der Waals surface area contributed by atoms with Gasteiger partial charge in [0.1, 0.15) is 0 Å². The summed E-state index contributed by atoms with van der Waals surface area (Å²) in [6.45, 7) is 0. The zero-order valence-electron chi connectivity index (χ0n) is 3.60. The molecule has 0 saturated carbocycles. The highest BCUT2D eigenvalue weighted by Crippen LogP contribution is 2.62. The smallest absolute Gasteiger partial charge is 0.00596 e. The Balaban J connectivity index is 2.75. The van der Waals surface area contributed by atoms with Gasteiger partial charge in [-0.25, -0.2) is 0 Å². The van der Waals surface area contributed by atoms with E-state index in [2.05, 4.69) is 22.9 Å². The van der Waals surface area contributed by atoms with Crippen LogP contribution in [0.4, 0.5) is 0 Å². The second-order valence-electron chi connectivity index (χ2n) is 0.723. The van der Waals surface area contributed by atoms with Crippen molar-refractivity contribution in [3.8, 4) is 0 Å². The van der Waals surface area contributed by atoms with E-state index in [1.165, 1.54) is 0 Å². The van der Waals surface area contributed by atoms with E-state index in [1.54, 1.807) is 0 Å². The Morgan fingerprint density at radius 1 is 1.83 bits per heavy atom. The predicted molar refractivity (Wildman–Crippen MR) is 43.7 cm³/mol. The Labute approximate surface area is 46.1 Å². The fraction of sp³-hybridized carbons (Fsp3) is 1.00. The lowest BCUT2D eigenvalue weighted by Gasteiger charge is -2.02. The van der Waals surface area contributed by atoms with Gasteiger partial charge in [-0.2, -0.15) is 0 Å². The van der Waals surface area contributed by atoms with Gasteiger partial charge in [0.25, 0.3) is 0 Å². The Hall–Kier alpha value is 1.68. The first-order valence-corrected chi connectivity index (χ1v) is 8.11. The van der Waals surface area contributed by atoms with E-state index in [4.69, 9.17) is 0 Å². The zero-order chi connectivity index (χ0) is 4.99. The van der Waals surface area contributed by atoms with Crippen LogP contribution in [0.3, 0.4) is 0 Å². The average molecular weight is 159 g/mol. The summed E-state index contributed by atoms with van der Waals surface area (Å²) in [5.74, 6) is 0. The monoisotopic (exact) mass is 159 g/mol. The van der Waals surface area contributed by atoms with Gasteiger partial charge >= 0.3 is 0 Å². The average Bonchev–Trinajstić information content (AvgIpc) is 1.65. The molecule has 0 aliphatic rings. The molecule has 0 amide bonds. The van der Waals surface area contributed by atoms with Crippen LogP contribution in [0.2, 0.25) is 0 Å². The minimum atomic E-state index is 0.0813. The lowest BCUT2D eigenvalue weighted by molar-refractivity contribution is 1.30. The molecule has 0 aromatic heterocycles. The van der Waals surface area contributed by atoms with Crippen LogP contribution in [-0.2, 0) is 0 Å². The van der Waals surface area contributed by atoms with Crippen molar-refractivity contribution in [1.82, 2.24) is 5.09 Å². The first-order chi connectivity index (χ1) is 2.81. The van der Waals surface area contributed by atoms with E-state index in [1.807, 2.05) is 7.05 Å². The van der Waals surface area contributed by atoms with Gasteiger partial charge in [-0.05, 0) is 7.05 Å². The molecule has 0 aliphatic heterocycles. The minimum Gasteiger partial charge on any atom is -0.292 e. The van der Waals surface area contributed by atoms with Crippen LogP contribution < -0.4 is 5.09 Å². The number of hydrogen-bond donors (Lipinski definition) is 1. The third-order valence-electron chi connectivity index (χ3n) is 0.380. The van der Waals surface area contributed by atoms with Gasteiger partial charge in [-0.15, -0.1) is 8.93 Å². The van der Waals surface area contributed by atoms with Crippen LogP contribution in [0, 0.1) is 0 Å². The molecule has 0 aromatic rings. The quantitative estimate of drug-likeness (QED) is 0.605. The summed E-state index contributed by atoms with van der Waals surface area (Å²) in [4.78, 5) is 0. The van der Waals surface area contributed by atoms with E-state index in [0.29, 0.717) is 0 Å². The normalized spacial score (nSPS) is 16.5. The molecule has 0 saturated heterocycles. The molecule has 0 fully saturated rings. The molecule has 0 aliphatic carbocycles. The summed E-state index contributed by atoms with van der Waals surface area (Å²) >= 11 is 0. The third kappa shape index (κ3) is 3.86. The van der Waals surface area contributed by atoms with Gasteiger partial charge < -0.3 is 0 Å². The van der Waals surface area contributed by atoms with E-state index < -0.39 is 0 Å². The van der Waals surface area contributed by atoms with E-state index >= 15 is 0 Å². The topological polar surface area (TPSA) is 12.0 Å². The summed E-state index contributed by atoms with van der Waals surface area (Å²) in [6, 6.07) is 0. The van der Waals surface area contributed by atoms with Gasteiger partial charge in [0, 0.05) is 7.45 Å². The summed E-state index contributed by atoms with van der Waals surface area (Å²) < 4.78 is 0. The Morgan fingerprint density at radius 2 is 2.33 bits per heavy atom. The fourth-order valence-electron chi connectivity index (χ4n) is 0.0645. The molecule has 0 heterocycles. The Kier molecular flexibility index (Phi) is 6.18. The van der Waals surface area contributed by atoms with Crippen molar-refractivity contribution in [1.29, 1.82) is 0 Å². The maximum atomic E-state index is 3.13. The molecular weight excluding hydrogens is 150 g/mol. The zero-order valence-corrected chi connectivity index (χ0v) is 7.81.